The SMILES string of the molecule is Cc1cccc(NC(=O)c2sc3nc(CC(C)C)ccc3c2N)c1. The van der Waals surface area contributed by atoms with Gasteiger partial charge in [0.2, 0.25) is 0 Å². The normalized spacial score (nSPS) is 11.2. The molecule has 0 aliphatic rings. The molecule has 0 spiro atoms. The minimum atomic E-state index is -0.188. The van der Waals surface area contributed by atoms with E-state index in [1.54, 1.807) is 0 Å². The molecule has 1 amide bonds. The summed E-state index contributed by atoms with van der Waals surface area (Å²) in [7, 11) is 0. The number of aromatic nitrogens is 1. The van der Waals surface area contributed by atoms with Gasteiger partial charge in [0.1, 0.15) is 9.71 Å². The van der Waals surface area contributed by atoms with E-state index >= 15 is 0 Å². The van der Waals surface area contributed by atoms with E-state index in [-0.39, 0.29) is 5.91 Å². The largest absolute Gasteiger partial charge is 0.397 e. The second-order valence-electron chi connectivity index (χ2n) is 6.42. The van der Waals surface area contributed by atoms with Gasteiger partial charge in [0.15, 0.2) is 0 Å². The molecule has 0 aliphatic carbocycles. The van der Waals surface area contributed by atoms with Gasteiger partial charge in [-0.2, -0.15) is 0 Å². The highest BCUT2D eigenvalue weighted by molar-refractivity contribution is 7.21. The molecule has 0 radical (unpaired) electrons. The average molecular weight is 339 g/mol. The molecular weight excluding hydrogens is 318 g/mol. The van der Waals surface area contributed by atoms with Crippen LogP contribution in [0.25, 0.3) is 10.2 Å². The second kappa shape index (κ2) is 6.61. The van der Waals surface area contributed by atoms with Crippen molar-refractivity contribution < 1.29 is 4.79 Å². The monoisotopic (exact) mass is 339 g/mol. The quantitative estimate of drug-likeness (QED) is 0.728. The number of fused-ring (bicyclic) bond motifs is 1. The van der Waals surface area contributed by atoms with E-state index in [2.05, 4.69) is 24.1 Å². The molecule has 124 valence electrons. The van der Waals surface area contributed by atoms with Crippen molar-refractivity contribution in [2.24, 2.45) is 5.92 Å². The number of benzene rings is 1. The van der Waals surface area contributed by atoms with Crippen LogP contribution in [0.3, 0.4) is 0 Å². The Morgan fingerprint density at radius 2 is 2.08 bits per heavy atom. The van der Waals surface area contributed by atoms with Crippen molar-refractivity contribution in [1.29, 1.82) is 0 Å². The van der Waals surface area contributed by atoms with Crippen LogP contribution in [0.4, 0.5) is 11.4 Å². The van der Waals surface area contributed by atoms with Gasteiger partial charge in [-0.1, -0.05) is 26.0 Å². The number of pyridine rings is 1. The lowest BCUT2D eigenvalue weighted by molar-refractivity contribution is 0.103. The summed E-state index contributed by atoms with van der Waals surface area (Å²) < 4.78 is 0. The van der Waals surface area contributed by atoms with Crippen LogP contribution >= 0.6 is 11.3 Å². The first-order valence-electron chi connectivity index (χ1n) is 8.00. The Morgan fingerprint density at radius 3 is 2.79 bits per heavy atom. The minimum absolute atomic E-state index is 0.188. The van der Waals surface area contributed by atoms with Crippen molar-refractivity contribution >= 4 is 38.8 Å². The van der Waals surface area contributed by atoms with Crippen molar-refractivity contribution in [1.82, 2.24) is 4.98 Å². The van der Waals surface area contributed by atoms with Crippen LogP contribution in [0.15, 0.2) is 36.4 Å². The highest BCUT2D eigenvalue weighted by Gasteiger charge is 2.18. The van der Waals surface area contributed by atoms with Gasteiger partial charge in [-0.25, -0.2) is 4.98 Å². The molecule has 0 aliphatic heterocycles. The second-order valence-corrected chi connectivity index (χ2v) is 7.42. The van der Waals surface area contributed by atoms with Crippen molar-refractivity contribution in [2.75, 3.05) is 11.1 Å². The van der Waals surface area contributed by atoms with E-state index in [1.165, 1.54) is 11.3 Å². The fraction of sp³-hybridized carbons (Fsp3) is 0.263. The fourth-order valence-electron chi connectivity index (χ4n) is 2.65. The first-order valence-corrected chi connectivity index (χ1v) is 8.81. The smallest absolute Gasteiger partial charge is 0.267 e. The van der Waals surface area contributed by atoms with Gasteiger partial charge >= 0.3 is 0 Å². The third kappa shape index (κ3) is 3.41. The Kier molecular flexibility index (Phi) is 4.53. The Bertz CT molecular complexity index is 899. The van der Waals surface area contributed by atoms with Gasteiger partial charge in [-0.05, 0) is 49.1 Å². The van der Waals surface area contributed by atoms with Crippen molar-refractivity contribution in [3.05, 3.63) is 52.5 Å². The van der Waals surface area contributed by atoms with Crippen LogP contribution in [0, 0.1) is 12.8 Å². The first kappa shape index (κ1) is 16.5. The summed E-state index contributed by atoms with van der Waals surface area (Å²) >= 11 is 1.35. The number of carbonyl (C=O) groups is 1. The third-order valence-corrected chi connectivity index (χ3v) is 4.87. The molecular formula is C19H21N3OS. The van der Waals surface area contributed by atoms with E-state index < -0.39 is 0 Å². The van der Waals surface area contributed by atoms with Crippen LogP contribution in [-0.4, -0.2) is 10.9 Å². The molecule has 2 heterocycles. The zero-order valence-corrected chi connectivity index (χ0v) is 14.9. The molecule has 3 N–H and O–H groups in total. The molecule has 4 nitrogen and oxygen atoms in total. The lowest BCUT2D eigenvalue weighted by Gasteiger charge is -2.05. The van der Waals surface area contributed by atoms with E-state index in [9.17, 15) is 4.79 Å². The maximum Gasteiger partial charge on any atom is 0.267 e. The molecule has 1 aromatic carbocycles. The topological polar surface area (TPSA) is 68.0 Å². The summed E-state index contributed by atoms with van der Waals surface area (Å²) in [4.78, 5) is 18.6. The van der Waals surface area contributed by atoms with E-state index in [0.717, 1.165) is 33.6 Å². The number of carbonyl (C=O) groups excluding carboxylic acids is 1. The number of nitrogens with two attached hydrogens (primary N) is 1. The van der Waals surface area contributed by atoms with Crippen molar-refractivity contribution in [3.8, 4) is 0 Å². The number of amides is 1. The fourth-order valence-corrected chi connectivity index (χ4v) is 3.65. The third-order valence-electron chi connectivity index (χ3n) is 3.75. The number of nitrogens with one attached hydrogen (secondary N) is 1. The Labute approximate surface area is 145 Å². The summed E-state index contributed by atoms with van der Waals surface area (Å²) in [5.41, 5.74) is 9.58. The summed E-state index contributed by atoms with van der Waals surface area (Å²) in [5.74, 6) is 0.350. The zero-order chi connectivity index (χ0) is 17.3. The Hall–Kier alpha value is -2.40. The number of nitrogens with zero attached hydrogens (tertiary/aromatic N) is 1. The molecule has 0 saturated heterocycles. The number of hydrogen-bond acceptors (Lipinski definition) is 4. The molecule has 0 saturated carbocycles. The molecule has 24 heavy (non-hydrogen) atoms. The predicted octanol–water partition coefficient (Wildman–Crippen LogP) is 4.64. The van der Waals surface area contributed by atoms with Crippen LogP contribution in [0.5, 0.6) is 0 Å². The summed E-state index contributed by atoms with van der Waals surface area (Å²) in [5, 5.41) is 3.76. The molecule has 5 heteroatoms. The Balaban J connectivity index is 1.91. The average Bonchev–Trinajstić information content (AvgIpc) is 2.83. The van der Waals surface area contributed by atoms with Crippen molar-refractivity contribution in [3.63, 3.8) is 0 Å². The maximum atomic E-state index is 12.6. The zero-order valence-electron chi connectivity index (χ0n) is 14.1. The number of nitrogen functional groups attached to an aromatic ring is 1. The number of rotatable bonds is 4. The van der Waals surface area contributed by atoms with Crippen LogP contribution in [-0.2, 0) is 6.42 Å². The summed E-state index contributed by atoms with van der Waals surface area (Å²) in [6.45, 7) is 6.31. The molecule has 3 rings (SSSR count). The first-order chi connectivity index (χ1) is 11.4. The van der Waals surface area contributed by atoms with Gasteiger partial charge in [-0.15, -0.1) is 11.3 Å². The number of aryl methyl sites for hydroxylation is 1. The van der Waals surface area contributed by atoms with Crippen LogP contribution in [0.2, 0.25) is 0 Å². The number of thiophene rings is 1. The molecule has 0 unspecified atom stereocenters. The van der Waals surface area contributed by atoms with E-state index in [0.29, 0.717) is 16.5 Å². The van der Waals surface area contributed by atoms with Gasteiger partial charge < -0.3 is 11.1 Å². The van der Waals surface area contributed by atoms with Crippen molar-refractivity contribution in [2.45, 2.75) is 27.2 Å². The maximum absolute atomic E-state index is 12.6. The van der Waals surface area contributed by atoms with Gasteiger partial charge in [0.25, 0.3) is 5.91 Å². The summed E-state index contributed by atoms with van der Waals surface area (Å²) in [6, 6.07) is 11.7. The molecule has 2 aromatic heterocycles. The lowest BCUT2D eigenvalue weighted by Crippen LogP contribution is -2.11. The molecule has 0 fully saturated rings. The predicted molar refractivity (Wildman–Crippen MR) is 102 cm³/mol. The van der Waals surface area contributed by atoms with Gasteiger partial charge in [-0.3, -0.25) is 4.79 Å². The van der Waals surface area contributed by atoms with E-state index in [1.807, 2.05) is 43.3 Å². The molecule has 0 atom stereocenters. The highest BCUT2D eigenvalue weighted by Crippen LogP contribution is 2.33. The molecule has 3 aromatic rings. The minimum Gasteiger partial charge on any atom is -0.397 e. The van der Waals surface area contributed by atoms with E-state index in [4.69, 9.17) is 5.73 Å². The van der Waals surface area contributed by atoms with Gasteiger partial charge in [0.05, 0.1) is 5.69 Å². The highest BCUT2D eigenvalue weighted by atomic mass is 32.1. The van der Waals surface area contributed by atoms with Crippen LogP contribution < -0.4 is 11.1 Å². The molecule has 0 bridgehead atoms. The van der Waals surface area contributed by atoms with Gasteiger partial charge in [0, 0.05) is 16.8 Å². The number of hydrogen-bond donors (Lipinski definition) is 2. The van der Waals surface area contributed by atoms with Crippen LogP contribution in [0.1, 0.15) is 34.8 Å². The number of anilines is 2. The lowest BCUT2D eigenvalue weighted by atomic mass is 10.1. The Morgan fingerprint density at radius 1 is 1.29 bits per heavy atom. The standard InChI is InChI=1S/C19H21N3OS/c1-11(2)9-14-7-8-15-16(20)17(24-19(15)22-14)18(23)21-13-6-4-5-12(3)10-13/h4-8,10-11H,9,20H2,1-3H3,(H,21,23). The summed E-state index contributed by atoms with van der Waals surface area (Å²) in [6.07, 6.45) is 0.915.